The Morgan fingerprint density at radius 1 is 1.11 bits per heavy atom. The summed E-state index contributed by atoms with van der Waals surface area (Å²) in [5, 5.41) is 0. The van der Waals surface area contributed by atoms with Crippen molar-refractivity contribution in [3.05, 3.63) is 59.7 Å². The largest absolute Gasteiger partial charge is 0.496 e. The highest BCUT2D eigenvalue weighted by atomic mass is 32.2. The van der Waals surface area contributed by atoms with Crippen molar-refractivity contribution in [2.24, 2.45) is 0 Å². The second-order valence-electron chi connectivity index (χ2n) is 6.43. The van der Waals surface area contributed by atoms with Crippen molar-refractivity contribution in [2.45, 2.75) is 23.8 Å². The van der Waals surface area contributed by atoms with Gasteiger partial charge in [-0.15, -0.1) is 0 Å². The van der Waals surface area contributed by atoms with Crippen LogP contribution in [-0.2, 0) is 10.0 Å². The highest BCUT2D eigenvalue weighted by Gasteiger charge is 2.28. The van der Waals surface area contributed by atoms with Crippen LogP contribution in [-0.4, -0.2) is 40.1 Å². The molecular formula is C19H22F2N2O3S. The van der Waals surface area contributed by atoms with Gasteiger partial charge < -0.3 is 4.74 Å². The van der Waals surface area contributed by atoms with Crippen molar-refractivity contribution in [1.29, 1.82) is 0 Å². The zero-order valence-corrected chi connectivity index (χ0v) is 15.8. The van der Waals surface area contributed by atoms with E-state index < -0.39 is 21.7 Å². The van der Waals surface area contributed by atoms with E-state index in [-0.39, 0.29) is 17.5 Å². The fourth-order valence-electron chi connectivity index (χ4n) is 3.35. The summed E-state index contributed by atoms with van der Waals surface area (Å²) < 4.78 is 59.6. The van der Waals surface area contributed by atoms with Crippen molar-refractivity contribution in [1.82, 2.24) is 9.62 Å². The molecule has 0 amide bonds. The molecule has 0 radical (unpaired) electrons. The third-order valence-corrected chi connectivity index (χ3v) is 6.17. The molecule has 0 bridgehead atoms. The molecule has 1 aliphatic rings. The van der Waals surface area contributed by atoms with Gasteiger partial charge in [0.1, 0.15) is 5.75 Å². The number of methoxy groups -OCH3 is 1. The van der Waals surface area contributed by atoms with Crippen LogP contribution in [0.4, 0.5) is 8.78 Å². The maximum Gasteiger partial charge on any atom is 0.240 e. The van der Waals surface area contributed by atoms with Crippen LogP contribution in [0, 0.1) is 11.6 Å². The van der Waals surface area contributed by atoms with E-state index in [0.29, 0.717) is 11.8 Å². The van der Waals surface area contributed by atoms with Crippen LogP contribution in [0.1, 0.15) is 24.4 Å². The first-order chi connectivity index (χ1) is 12.9. The van der Waals surface area contributed by atoms with Gasteiger partial charge in [-0.2, -0.15) is 0 Å². The quantitative estimate of drug-likeness (QED) is 0.781. The van der Waals surface area contributed by atoms with E-state index in [1.165, 1.54) is 0 Å². The molecule has 1 aliphatic heterocycles. The summed E-state index contributed by atoms with van der Waals surface area (Å²) in [6.45, 7) is 1.81. The average Bonchev–Trinajstić information content (AvgIpc) is 3.19. The van der Waals surface area contributed by atoms with Crippen molar-refractivity contribution in [3.8, 4) is 5.75 Å². The minimum absolute atomic E-state index is 0.0989. The number of sulfonamides is 1. The predicted octanol–water partition coefficient (Wildman–Crippen LogP) is 3.09. The van der Waals surface area contributed by atoms with E-state index in [4.69, 9.17) is 4.74 Å². The van der Waals surface area contributed by atoms with E-state index in [1.807, 2.05) is 24.3 Å². The summed E-state index contributed by atoms with van der Waals surface area (Å²) in [4.78, 5) is 1.90. The van der Waals surface area contributed by atoms with Crippen LogP contribution < -0.4 is 9.46 Å². The zero-order valence-electron chi connectivity index (χ0n) is 15.0. The number of hydrogen-bond donors (Lipinski definition) is 1. The Kier molecular flexibility index (Phi) is 6.08. The molecule has 0 spiro atoms. The minimum atomic E-state index is -3.98. The van der Waals surface area contributed by atoms with Gasteiger partial charge in [0, 0.05) is 12.1 Å². The van der Waals surface area contributed by atoms with Gasteiger partial charge in [0.2, 0.25) is 10.0 Å². The molecule has 0 saturated carbocycles. The topological polar surface area (TPSA) is 58.6 Å². The zero-order chi connectivity index (χ0) is 19.4. The van der Waals surface area contributed by atoms with E-state index in [0.717, 1.165) is 43.6 Å². The Morgan fingerprint density at radius 2 is 1.81 bits per heavy atom. The molecule has 146 valence electrons. The number of hydrogen-bond acceptors (Lipinski definition) is 4. The molecule has 5 nitrogen and oxygen atoms in total. The van der Waals surface area contributed by atoms with Crippen molar-refractivity contribution in [3.63, 3.8) is 0 Å². The second-order valence-corrected chi connectivity index (χ2v) is 8.20. The van der Waals surface area contributed by atoms with Crippen LogP contribution in [0.3, 0.4) is 0 Å². The lowest BCUT2D eigenvalue weighted by Crippen LogP contribution is -2.37. The number of para-hydroxylation sites is 1. The van der Waals surface area contributed by atoms with Gasteiger partial charge in [0.25, 0.3) is 0 Å². The molecular weight excluding hydrogens is 374 g/mol. The van der Waals surface area contributed by atoms with E-state index in [2.05, 4.69) is 9.62 Å². The number of nitrogens with one attached hydrogen (secondary N) is 1. The third-order valence-electron chi connectivity index (χ3n) is 4.75. The maximum absolute atomic E-state index is 13.4. The third kappa shape index (κ3) is 4.45. The first kappa shape index (κ1) is 19.7. The molecule has 0 aliphatic carbocycles. The molecule has 0 unspecified atom stereocenters. The lowest BCUT2D eigenvalue weighted by Gasteiger charge is -2.29. The predicted molar refractivity (Wildman–Crippen MR) is 98.1 cm³/mol. The van der Waals surface area contributed by atoms with Crippen LogP contribution in [0.25, 0.3) is 0 Å². The highest BCUT2D eigenvalue weighted by Crippen LogP contribution is 2.31. The smallest absolute Gasteiger partial charge is 0.240 e. The number of ether oxygens (including phenoxy) is 1. The summed E-state index contributed by atoms with van der Waals surface area (Å²) >= 11 is 0. The molecule has 1 fully saturated rings. The van der Waals surface area contributed by atoms with Crippen LogP contribution in [0.15, 0.2) is 47.4 Å². The highest BCUT2D eigenvalue weighted by molar-refractivity contribution is 7.89. The van der Waals surface area contributed by atoms with E-state index in [9.17, 15) is 17.2 Å². The average molecular weight is 396 g/mol. The lowest BCUT2D eigenvalue weighted by atomic mass is 10.0. The van der Waals surface area contributed by atoms with Crippen LogP contribution in [0.2, 0.25) is 0 Å². The first-order valence-electron chi connectivity index (χ1n) is 8.74. The summed E-state index contributed by atoms with van der Waals surface area (Å²) in [7, 11) is -2.40. The van der Waals surface area contributed by atoms with Crippen molar-refractivity contribution in [2.75, 3.05) is 26.7 Å². The van der Waals surface area contributed by atoms with Crippen molar-refractivity contribution < 1.29 is 21.9 Å². The first-order valence-corrected chi connectivity index (χ1v) is 10.2. The maximum atomic E-state index is 13.4. The normalized spacial score (nSPS) is 16.4. The van der Waals surface area contributed by atoms with Gasteiger partial charge in [-0.25, -0.2) is 21.9 Å². The Hall–Kier alpha value is -2.03. The van der Waals surface area contributed by atoms with Crippen molar-refractivity contribution >= 4 is 10.0 Å². The Morgan fingerprint density at radius 3 is 2.48 bits per heavy atom. The molecule has 3 rings (SSSR count). The van der Waals surface area contributed by atoms with Gasteiger partial charge in [-0.05, 0) is 50.2 Å². The molecule has 1 saturated heterocycles. The van der Waals surface area contributed by atoms with Crippen LogP contribution in [0.5, 0.6) is 5.75 Å². The molecule has 2 aromatic carbocycles. The van der Waals surface area contributed by atoms with E-state index in [1.54, 1.807) is 7.11 Å². The standard InChI is InChI=1S/C19H22F2N2O3S/c1-26-19-7-3-2-6-15(19)18(23-10-4-5-11-23)13-22-27(24,25)14-8-9-16(20)17(21)12-14/h2-3,6-9,12,18,22H,4-5,10-11,13H2,1H3/t18-/m0/s1. The molecule has 1 N–H and O–H groups in total. The fourth-order valence-corrected chi connectivity index (χ4v) is 4.40. The van der Waals surface area contributed by atoms with Gasteiger partial charge in [0.05, 0.1) is 18.0 Å². The number of likely N-dealkylation sites (tertiary alicyclic amines) is 1. The fraction of sp³-hybridized carbons (Fsp3) is 0.368. The molecule has 8 heteroatoms. The number of nitrogens with zero attached hydrogens (tertiary/aromatic N) is 1. The molecule has 27 heavy (non-hydrogen) atoms. The van der Waals surface area contributed by atoms with Gasteiger partial charge in [-0.1, -0.05) is 18.2 Å². The Balaban J connectivity index is 1.85. The van der Waals surface area contributed by atoms with Gasteiger partial charge in [-0.3, -0.25) is 4.90 Å². The number of halogens is 2. The van der Waals surface area contributed by atoms with Crippen LogP contribution >= 0.6 is 0 Å². The number of benzene rings is 2. The molecule has 2 aromatic rings. The number of rotatable bonds is 7. The SMILES string of the molecule is COc1ccccc1[C@H](CNS(=O)(=O)c1ccc(F)c(F)c1)N1CCCC1. The molecule has 0 aromatic heterocycles. The summed E-state index contributed by atoms with van der Waals surface area (Å²) in [5.74, 6) is -1.60. The summed E-state index contributed by atoms with van der Waals surface area (Å²) in [5.41, 5.74) is 0.884. The lowest BCUT2D eigenvalue weighted by molar-refractivity contribution is 0.240. The summed E-state index contributed by atoms with van der Waals surface area (Å²) in [6, 6.07) is 9.81. The molecule has 1 heterocycles. The van der Waals surface area contributed by atoms with Gasteiger partial charge in [0.15, 0.2) is 11.6 Å². The Bertz CT molecular complexity index is 900. The summed E-state index contributed by atoms with van der Waals surface area (Å²) in [6.07, 6.45) is 2.09. The Labute approximate surface area is 158 Å². The molecule has 1 atom stereocenters. The monoisotopic (exact) mass is 396 g/mol. The second kappa shape index (κ2) is 8.33. The minimum Gasteiger partial charge on any atom is -0.496 e. The van der Waals surface area contributed by atoms with Gasteiger partial charge >= 0.3 is 0 Å². The van der Waals surface area contributed by atoms with E-state index >= 15 is 0 Å².